The van der Waals surface area contributed by atoms with Gasteiger partial charge in [0.2, 0.25) is 0 Å². The summed E-state index contributed by atoms with van der Waals surface area (Å²) in [6.07, 6.45) is 0.0584. The molecule has 2 aromatic rings. The second-order valence-electron chi connectivity index (χ2n) is 4.32. The van der Waals surface area contributed by atoms with Gasteiger partial charge in [0, 0.05) is 23.6 Å². The summed E-state index contributed by atoms with van der Waals surface area (Å²) in [5.41, 5.74) is 2.24. The van der Waals surface area contributed by atoms with Crippen molar-refractivity contribution in [2.75, 3.05) is 13.7 Å². The molecule has 0 saturated carbocycles. The van der Waals surface area contributed by atoms with Crippen molar-refractivity contribution < 1.29 is 4.74 Å². The lowest BCUT2D eigenvalue weighted by atomic mass is 10.1. The third-order valence-corrected chi connectivity index (χ3v) is 4.08. The number of thiazole rings is 1. The molecule has 3 nitrogen and oxygen atoms in total. The Morgan fingerprint density at radius 3 is 2.68 bits per heavy atom. The summed E-state index contributed by atoms with van der Waals surface area (Å²) in [4.78, 5) is 6.03. The molecule has 102 valence electrons. The van der Waals surface area contributed by atoms with E-state index >= 15 is 0 Å². The predicted molar refractivity (Wildman–Crippen MR) is 80.4 cm³/mol. The Bertz CT molecular complexity index is 510. The molecule has 2 rings (SSSR count). The maximum atomic E-state index is 5.64. The summed E-state index contributed by atoms with van der Waals surface area (Å²) in [5.74, 6) is 0. The van der Waals surface area contributed by atoms with Crippen LogP contribution in [0.2, 0.25) is 0 Å². The van der Waals surface area contributed by atoms with Crippen LogP contribution < -0.4 is 5.32 Å². The second-order valence-corrected chi connectivity index (χ2v) is 5.43. The molecule has 0 spiro atoms. The Morgan fingerprint density at radius 2 is 2.05 bits per heavy atom. The van der Waals surface area contributed by atoms with Crippen molar-refractivity contribution in [3.63, 3.8) is 0 Å². The SMILES string of the molecule is CCOC(C)c1nc(-c2ccccc2)c(CNC)s1. The smallest absolute Gasteiger partial charge is 0.122 e. The molecular formula is C15H20N2OS. The molecule has 1 aromatic carbocycles. The average molecular weight is 276 g/mol. The molecule has 0 amide bonds. The van der Waals surface area contributed by atoms with E-state index in [2.05, 4.69) is 24.4 Å². The van der Waals surface area contributed by atoms with Gasteiger partial charge >= 0.3 is 0 Å². The van der Waals surface area contributed by atoms with Gasteiger partial charge in [-0.25, -0.2) is 4.98 Å². The van der Waals surface area contributed by atoms with Gasteiger partial charge in [0.1, 0.15) is 11.1 Å². The first-order chi connectivity index (χ1) is 9.26. The van der Waals surface area contributed by atoms with E-state index in [4.69, 9.17) is 9.72 Å². The zero-order valence-corrected chi connectivity index (χ0v) is 12.5. The molecule has 1 heterocycles. The number of ether oxygens (including phenoxy) is 1. The maximum Gasteiger partial charge on any atom is 0.122 e. The summed E-state index contributed by atoms with van der Waals surface area (Å²) in [6.45, 7) is 5.61. The Hall–Kier alpha value is -1.23. The number of aromatic nitrogens is 1. The van der Waals surface area contributed by atoms with Gasteiger partial charge in [-0.1, -0.05) is 30.3 Å². The fraction of sp³-hybridized carbons (Fsp3) is 0.400. The summed E-state index contributed by atoms with van der Waals surface area (Å²) in [5, 5.41) is 4.26. The summed E-state index contributed by atoms with van der Waals surface area (Å²) in [7, 11) is 1.96. The molecule has 0 saturated heterocycles. The lowest BCUT2D eigenvalue weighted by molar-refractivity contribution is 0.0762. The number of hydrogen-bond acceptors (Lipinski definition) is 4. The van der Waals surface area contributed by atoms with Crippen LogP contribution in [-0.2, 0) is 11.3 Å². The van der Waals surface area contributed by atoms with Gasteiger partial charge in [0.15, 0.2) is 0 Å². The van der Waals surface area contributed by atoms with E-state index in [1.807, 2.05) is 32.2 Å². The number of benzene rings is 1. The van der Waals surface area contributed by atoms with E-state index in [0.717, 1.165) is 17.2 Å². The van der Waals surface area contributed by atoms with Gasteiger partial charge < -0.3 is 10.1 Å². The minimum absolute atomic E-state index is 0.0584. The summed E-state index contributed by atoms with van der Waals surface area (Å²) >= 11 is 1.73. The fourth-order valence-electron chi connectivity index (χ4n) is 1.97. The van der Waals surface area contributed by atoms with Gasteiger partial charge in [-0.3, -0.25) is 0 Å². The van der Waals surface area contributed by atoms with Gasteiger partial charge in [-0.2, -0.15) is 0 Å². The minimum Gasteiger partial charge on any atom is -0.372 e. The van der Waals surface area contributed by atoms with Crippen molar-refractivity contribution in [2.24, 2.45) is 0 Å². The minimum atomic E-state index is 0.0584. The van der Waals surface area contributed by atoms with Crippen molar-refractivity contribution in [3.05, 3.63) is 40.2 Å². The fourth-order valence-corrected chi connectivity index (χ4v) is 3.07. The predicted octanol–water partition coefficient (Wildman–Crippen LogP) is 3.63. The van der Waals surface area contributed by atoms with Crippen molar-refractivity contribution >= 4 is 11.3 Å². The summed E-state index contributed by atoms with van der Waals surface area (Å²) < 4.78 is 5.64. The van der Waals surface area contributed by atoms with Crippen molar-refractivity contribution in [1.82, 2.24) is 10.3 Å². The molecule has 19 heavy (non-hydrogen) atoms. The van der Waals surface area contributed by atoms with Gasteiger partial charge in [-0.15, -0.1) is 11.3 Å². The van der Waals surface area contributed by atoms with Crippen LogP contribution in [0, 0.1) is 0 Å². The molecule has 0 fully saturated rings. The third-order valence-electron chi connectivity index (χ3n) is 2.86. The van der Waals surface area contributed by atoms with Crippen LogP contribution in [0.25, 0.3) is 11.3 Å². The topological polar surface area (TPSA) is 34.1 Å². The number of nitrogens with zero attached hydrogens (tertiary/aromatic N) is 1. The highest BCUT2D eigenvalue weighted by molar-refractivity contribution is 7.12. The van der Waals surface area contributed by atoms with Crippen LogP contribution in [0.15, 0.2) is 30.3 Å². The molecule has 4 heteroatoms. The molecule has 0 radical (unpaired) electrons. The Labute approximate surface area is 118 Å². The van der Waals surface area contributed by atoms with Crippen LogP contribution in [0.3, 0.4) is 0 Å². The summed E-state index contributed by atoms with van der Waals surface area (Å²) in [6, 6.07) is 10.3. The monoisotopic (exact) mass is 276 g/mol. The lowest BCUT2D eigenvalue weighted by Gasteiger charge is -2.06. The molecule has 1 unspecified atom stereocenters. The molecule has 0 aliphatic heterocycles. The van der Waals surface area contributed by atoms with Crippen LogP contribution in [0.1, 0.15) is 29.8 Å². The quantitative estimate of drug-likeness (QED) is 0.875. The van der Waals surface area contributed by atoms with E-state index in [-0.39, 0.29) is 6.10 Å². The van der Waals surface area contributed by atoms with Crippen LogP contribution in [-0.4, -0.2) is 18.6 Å². The first-order valence-electron chi connectivity index (χ1n) is 6.57. The standard InChI is InChI=1S/C15H20N2OS/c1-4-18-11(2)15-17-14(13(19-15)10-16-3)12-8-6-5-7-9-12/h5-9,11,16H,4,10H2,1-3H3. The highest BCUT2D eigenvalue weighted by Crippen LogP contribution is 2.32. The average Bonchev–Trinajstić information content (AvgIpc) is 2.85. The van der Waals surface area contributed by atoms with Crippen molar-refractivity contribution in [3.8, 4) is 11.3 Å². The van der Waals surface area contributed by atoms with E-state index in [9.17, 15) is 0 Å². The Morgan fingerprint density at radius 1 is 1.32 bits per heavy atom. The molecule has 0 aliphatic rings. The van der Waals surface area contributed by atoms with Gasteiger partial charge in [0.05, 0.1) is 5.69 Å². The number of hydrogen-bond donors (Lipinski definition) is 1. The van der Waals surface area contributed by atoms with E-state index in [1.165, 1.54) is 10.4 Å². The lowest BCUT2D eigenvalue weighted by Crippen LogP contribution is -2.04. The van der Waals surface area contributed by atoms with Crippen LogP contribution in [0.4, 0.5) is 0 Å². The highest BCUT2D eigenvalue weighted by atomic mass is 32.1. The van der Waals surface area contributed by atoms with E-state index in [0.29, 0.717) is 6.61 Å². The first kappa shape index (κ1) is 14.2. The second kappa shape index (κ2) is 6.80. The zero-order valence-electron chi connectivity index (χ0n) is 11.6. The van der Waals surface area contributed by atoms with E-state index in [1.54, 1.807) is 11.3 Å². The molecule has 0 aliphatic carbocycles. The number of rotatable bonds is 6. The Balaban J connectivity index is 2.36. The molecule has 1 N–H and O–H groups in total. The molecule has 1 aromatic heterocycles. The normalized spacial score (nSPS) is 12.6. The zero-order chi connectivity index (χ0) is 13.7. The molecular weight excluding hydrogens is 256 g/mol. The van der Waals surface area contributed by atoms with E-state index < -0.39 is 0 Å². The largest absolute Gasteiger partial charge is 0.372 e. The van der Waals surface area contributed by atoms with Crippen molar-refractivity contribution in [2.45, 2.75) is 26.5 Å². The first-order valence-corrected chi connectivity index (χ1v) is 7.39. The Kier molecular flexibility index (Phi) is 5.07. The van der Waals surface area contributed by atoms with Crippen LogP contribution in [0.5, 0.6) is 0 Å². The molecule has 0 bridgehead atoms. The van der Waals surface area contributed by atoms with Gasteiger partial charge in [-0.05, 0) is 20.9 Å². The molecule has 1 atom stereocenters. The van der Waals surface area contributed by atoms with Gasteiger partial charge in [0.25, 0.3) is 0 Å². The maximum absolute atomic E-state index is 5.64. The third kappa shape index (κ3) is 3.41. The highest BCUT2D eigenvalue weighted by Gasteiger charge is 2.16. The number of nitrogens with one attached hydrogen (secondary N) is 1. The van der Waals surface area contributed by atoms with Crippen LogP contribution >= 0.6 is 11.3 Å². The van der Waals surface area contributed by atoms with Crippen molar-refractivity contribution in [1.29, 1.82) is 0 Å².